The Morgan fingerprint density at radius 2 is 1.61 bits per heavy atom. The minimum absolute atomic E-state index is 0.716. The van der Waals surface area contributed by atoms with E-state index >= 15 is 0 Å². The Morgan fingerprint density at radius 1 is 0.870 bits per heavy atom. The smallest absolute Gasteiger partial charge is 0.212 e. The lowest BCUT2D eigenvalue weighted by Gasteiger charge is -1.96. The van der Waals surface area contributed by atoms with E-state index < -0.39 is 0 Å². The fraction of sp³-hybridized carbons (Fsp3) is 0. The number of rotatable bonds is 3. The summed E-state index contributed by atoms with van der Waals surface area (Å²) in [6, 6.07) is 17.6. The quantitative estimate of drug-likeness (QED) is 0.543. The third-order valence-electron chi connectivity index (χ3n) is 3.39. The first-order valence-corrected chi connectivity index (χ1v) is 8.25. The summed E-state index contributed by atoms with van der Waals surface area (Å²) >= 11 is 7.45. The second-order valence-corrected chi connectivity index (χ2v) is 6.21. The monoisotopic (exact) mass is 338 g/mol. The van der Waals surface area contributed by atoms with Gasteiger partial charge >= 0.3 is 0 Å². The van der Waals surface area contributed by atoms with Gasteiger partial charge in [0.2, 0.25) is 5.13 Å². The SMILES string of the molecule is Clc1ccc(-c2csc(-n3cc(-c4ccccc4)nn3)n2)cc1. The highest BCUT2D eigenvalue weighted by Crippen LogP contribution is 2.25. The van der Waals surface area contributed by atoms with Gasteiger partial charge in [0.25, 0.3) is 0 Å². The minimum Gasteiger partial charge on any atom is -0.218 e. The minimum atomic E-state index is 0.716. The van der Waals surface area contributed by atoms with Crippen molar-refractivity contribution in [3.05, 3.63) is 71.2 Å². The number of benzene rings is 2. The Bertz CT molecular complexity index is 929. The Hall–Kier alpha value is -2.50. The Balaban J connectivity index is 1.65. The molecule has 2 aromatic carbocycles. The van der Waals surface area contributed by atoms with Crippen molar-refractivity contribution in [1.29, 1.82) is 0 Å². The van der Waals surface area contributed by atoms with Crippen LogP contribution in [-0.2, 0) is 0 Å². The second-order valence-electron chi connectivity index (χ2n) is 4.94. The lowest BCUT2D eigenvalue weighted by Crippen LogP contribution is -1.93. The zero-order valence-corrected chi connectivity index (χ0v) is 13.5. The standard InChI is InChI=1S/C17H11ClN4S/c18-14-8-6-13(7-9-14)16-11-23-17(19-16)22-10-15(20-21-22)12-4-2-1-3-5-12/h1-11H. The molecule has 4 nitrogen and oxygen atoms in total. The maximum absolute atomic E-state index is 5.92. The Kier molecular flexibility index (Phi) is 3.65. The van der Waals surface area contributed by atoms with Crippen LogP contribution in [0.2, 0.25) is 5.02 Å². The molecule has 0 unspecified atom stereocenters. The molecule has 6 heteroatoms. The molecule has 0 saturated carbocycles. The number of hydrogen-bond acceptors (Lipinski definition) is 4. The van der Waals surface area contributed by atoms with Gasteiger partial charge in [-0.05, 0) is 12.1 Å². The number of halogens is 1. The molecule has 0 aliphatic heterocycles. The predicted molar refractivity (Wildman–Crippen MR) is 92.9 cm³/mol. The van der Waals surface area contributed by atoms with Crippen molar-refractivity contribution in [2.24, 2.45) is 0 Å². The molecule has 0 aliphatic carbocycles. The largest absolute Gasteiger partial charge is 0.218 e. The maximum Gasteiger partial charge on any atom is 0.212 e. The van der Waals surface area contributed by atoms with Gasteiger partial charge in [0.1, 0.15) is 5.69 Å². The van der Waals surface area contributed by atoms with E-state index in [1.165, 1.54) is 11.3 Å². The van der Waals surface area contributed by atoms with Gasteiger partial charge in [0.15, 0.2) is 0 Å². The highest BCUT2D eigenvalue weighted by molar-refractivity contribution is 7.12. The molecule has 4 rings (SSSR count). The average Bonchev–Trinajstić information content (AvgIpc) is 3.26. The third-order valence-corrected chi connectivity index (χ3v) is 4.47. The number of thiazole rings is 1. The van der Waals surface area contributed by atoms with Crippen LogP contribution in [0.15, 0.2) is 66.2 Å². The molecule has 0 amide bonds. The first-order chi connectivity index (χ1) is 11.3. The highest BCUT2D eigenvalue weighted by Gasteiger charge is 2.09. The predicted octanol–water partition coefficient (Wildman–Crippen LogP) is 4.71. The summed E-state index contributed by atoms with van der Waals surface area (Å²) in [5.41, 5.74) is 3.79. The summed E-state index contributed by atoms with van der Waals surface area (Å²) in [7, 11) is 0. The van der Waals surface area contributed by atoms with Crippen molar-refractivity contribution in [1.82, 2.24) is 20.0 Å². The van der Waals surface area contributed by atoms with Crippen molar-refractivity contribution in [2.75, 3.05) is 0 Å². The van der Waals surface area contributed by atoms with Gasteiger partial charge in [-0.25, -0.2) is 4.98 Å². The molecule has 0 N–H and O–H groups in total. The summed E-state index contributed by atoms with van der Waals surface area (Å²) in [5.74, 6) is 0. The molecule has 0 bridgehead atoms. The molecule has 0 radical (unpaired) electrons. The van der Waals surface area contributed by atoms with Crippen LogP contribution in [0.5, 0.6) is 0 Å². The van der Waals surface area contributed by atoms with Crippen LogP contribution in [0.25, 0.3) is 27.6 Å². The van der Waals surface area contributed by atoms with E-state index in [0.717, 1.165) is 27.6 Å². The van der Waals surface area contributed by atoms with Crippen LogP contribution in [0, 0.1) is 0 Å². The number of nitrogens with zero attached hydrogens (tertiary/aromatic N) is 4. The Morgan fingerprint density at radius 3 is 2.39 bits per heavy atom. The van der Waals surface area contributed by atoms with Crippen molar-refractivity contribution >= 4 is 22.9 Å². The van der Waals surface area contributed by atoms with E-state index in [2.05, 4.69) is 15.3 Å². The van der Waals surface area contributed by atoms with E-state index in [4.69, 9.17) is 11.6 Å². The van der Waals surface area contributed by atoms with Crippen LogP contribution < -0.4 is 0 Å². The third kappa shape index (κ3) is 2.88. The van der Waals surface area contributed by atoms with Crippen LogP contribution >= 0.6 is 22.9 Å². The van der Waals surface area contributed by atoms with Gasteiger partial charge in [0, 0.05) is 21.5 Å². The van der Waals surface area contributed by atoms with E-state index in [1.807, 2.05) is 66.2 Å². The fourth-order valence-corrected chi connectivity index (χ4v) is 3.10. The molecule has 0 spiro atoms. The van der Waals surface area contributed by atoms with E-state index in [9.17, 15) is 0 Å². The molecule has 23 heavy (non-hydrogen) atoms. The van der Waals surface area contributed by atoms with Crippen LogP contribution in [-0.4, -0.2) is 20.0 Å². The van der Waals surface area contributed by atoms with Gasteiger partial charge in [0.05, 0.1) is 11.9 Å². The summed E-state index contributed by atoms with van der Waals surface area (Å²) in [6.07, 6.45) is 1.89. The van der Waals surface area contributed by atoms with Gasteiger partial charge < -0.3 is 0 Å². The zero-order chi connectivity index (χ0) is 15.6. The summed E-state index contributed by atoms with van der Waals surface area (Å²) in [5, 5.41) is 11.9. The van der Waals surface area contributed by atoms with Gasteiger partial charge in [-0.3, -0.25) is 0 Å². The van der Waals surface area contributed by atoms with Crippen molar-refractivity contribution in [3.8, 4) is 27.6 Å². The molecule has 0 saturated heterocycles. The van der Waals surface area contributed by atoms with E-state index in [1.54, 1.807) is 4.68 Å². The van der Waals surface area contributed by atoms with Crippen LogP contribution in [0.1, 0.15) is 0 Å². The number of hydrogen-bond donors (Lipinski definition) is 0. The highest BCUT2D eigenvalue weighted by atomic mass is 35.5. The molecule has 0 aliphatic rings. The molecule has 2 aromatic heterocycles. The van der Waals surface area contributed by atoms with E-state index in [-0.39, 0.29) is 0 Å². The first-order valence-electron chi connectivity index (χ1n) is 6.99. The maximum atomic E-state index is 5.92. The van der Waals surface area contributed by atoms with Gasteiger partial charge in [-0.15, -0.1) is 16.4 Å². The average molecular weight is 339 g/mol. The molecule has 0 fully saturated rings. The number of aromatic nitrogens is 4. The van der Waals surface area contributed by atoms with Crippen LogP contribution in [0.4, 0.5) is 0 Å². The molecular weight excluding hydrogens is 328 g/mol. The Labute approximate surface area is 142 Å². The molecule has 4 aromatic rings. The summed E-state index contributed by atoms with van der Waals surface area (Å²) in [4.78, 5) is 4.62. The lowest BCUT2D eigenvalue weighted by molar-refractivity contribution is 0.798. The normalized spacial score (nSPS) is 10.8. The van der Waals surface area contributed by atoms with Crippen molar-refractivity contribution < 1.29 is 0 Å². The first kappa shape index (κ1) is 14.1. The summed E-state index contributed by atoms with van der Waals surface area (Å²) < 4.78 is 1.70. The van der Waals surface area contributed by atoms with Crippen LogP contribution in [0.3, 0.4) is 0 Å². The molecule has 2 heterocycles. The molecular formula is C17H11ClN4S. The second kappa shape index (κ2) is 5.95. The topological polar surface area (TPSA) is 43.6 Å². The van der Waals surface area contributed by atoms with Gasteiger partial charge in [-0.1, -0.05) is 59.3 Å². The summed E-state index contributed by atoms with van der Waals surface area (Å²) in [6.45, 7) is 0. The van der Waals surface area contributed by atoms with Crippen molar-refractivity contribution in [2.45, 2.75) is 0 Å². The molecule has 112 valence electrons. The van der Waals surface area contributed by atoms with Crippen molar-refractivity contribution in [3.63, 3.8) is 0 Å². The molecule has 0 atom stereocenters. The lowest BCUT2D eigenvalue weighted by atomic mass is 10.2. The fourth-order valence-electron chi connectivity index (χ4n) is 2.22. The van der Waals surface area contributed by atoms with Gasteiger partial charge in [-0.2, -0.15) is 4.68 Å². The zero-order valence-electron chi connectivity index (χ0n) is 11.9. The van der Waals surface area contributed by atoms with E-state index in [0.29, 0.717) is 5.02 Å².